The molecule has 26 heavy (non-hydrogen) atoms. The van der Waals surface area contributed by atoms with Crippen molar-refractivity contribution in [3.8, 4) is 5.75 Å². The highest BCUT2D eigenvalue weighted by atomic mass is 16.5. The Labute approximate surface area is 155 Å². The smallest absolute Gasteiger partial charge is 0.227 e. The molecule has 0 radical (unpaired) electrons. The molecule has 1 atom stereocenters. The van der Waals surface area contributed by atoms with Gasteiger partial charge in [-0.2, -0.15) is 0 Å². The summed E-state index contributed by atoms with van der Waals surface area (Å²) in [5, 5.41) is 9.85. The molecule has 6 heteroatoms. The van der Waals surface area contributed by atoms with E-state index in [-0.39, 0.29) is 17.7 Å². The fourth-order valence-corrected chi connectivity index (χ4v) is 3.17. The number of methoxy groups -OCH3 is 1. The van der Waals surface area contributed by atoms with Crippen LogP contribution >= 0.6 is 0 Å². The van der Waals surface area contributed by atoms with Gasteiger partial charge in [0, 0.05) is 38.7 Å². The lowest BCUT2D eigenvalue weighted by atomic mass is 9.95. The Bertz CT molecular complexity index is 639. The van der Waals surface area contributed by atoms with Crippen molar-refractivity contribution in [2.45, 2.75) is 45.3 Å². The van der Waals surface area contributed by atoms with Crippen molar-refractivity contribution < 1.29 is 19.4 Å². The largest absolute Gasteiger partial charge is 0.496 e. The van der Waals surface area contributed by atoms with E-state index in [9.17, 15) is 14.7 Å². The second-order valence-electron chi connectivity index (χ2n) is 7.64. The maximum atomic E-state index is 12.7. The number of ether oxygens (including phenoxy) is 1. The molecule has 0 spiro atoms. The highest BCUT2D eigenvalue weighted by Gasteiger charge is 2.32. The van der Waals surface area contributed by atoms with Crippen LogP contribution in [0.4, 0.5) is 0 Å². The molecule has 2 amide bonds. The number of likely N-dealkylation sites (tertiary alicyclic amines) is 1. The van der Waals surface area contributed by atoms with Crippen molar-refractivity contribution in [2.75, 3.05) is 27.2 Å². The number of benzene rings is 1. The van der Waals surface area contributed by atoms with Crippen LogP contribution in [0.3, 0.4) is 0 Å². The molecule has 1 aliphatic rings. The molecule has 0 aliphatic carbocycles. The average Bonchev–Trinajstić information content (AvgIpc) is 2.60. The van der Waals surface area contributed by atoms with E-state index in [1.807, 2.05) is 24.3 Å². The number of hydrogen-bond donors (Lipinski definition) is 1. The topological polar surface area (TPSA) is 70.1 Å². The lowest BCUT2D eigenvalue weighted by molar-refractivity contribution is -0.143. The Morgan fingerprint density at radius 2 is 2.08 bits per heavy atom. The SMILES string of the molecule is COc1ccccc1CN1CC(C(=O)N(C)CCC(C)(C)O)CCC1=O. The second-order valence-corrected chi connectivity index (χ2v) is 7.64. The Hall–Kier alpha value is -2.08. The fourth-order valence-electron chi connectivity index (χ4n) is 3.17. The van der Waals surface area contributed by atoms with Crippen molar-refractivity contribution in [1.82, 2.24) is 9.80 Å². The Morgan fingerprint density at radius 3 is 2.73 bits per heavy atom. The standard InChI is InChI=1S/C20H30N2O4/c1-20(2,25)11-12-21(3)19(24)16-9-10-18(23)22(14-16)13-15-7-5-6-8-17(15)26-4/h5-8,16,25H,9-14H2,1-4H3. The maximum absolute atomic E-state index is 12.7. The predicted molar refractivity (Wildman–Crippen MR) is 99.7 cm³/mol. The number of nitrogens with zero attached hydrogens (tertiary/aromatic N) is 2. The van der Waals surface area contributed by atoms with Crippen LogP contribution in [0.15, 0.2) is 24.3 Å². The van der Waals surface area contributed by atoms with Crippen LogP contribution in [-0.4, -0.2) is 59.6 Å². The second kappa shape index (κ2) is 8.54. The van der Waals surface area contributed by atoms with Gasteiger partial charge in [0.2, 0.25) is 11.8 Å². The van der Waals surface area contributed by atoms with Crippen molar-refractivity contribution in [2.24, 2.45) is 5.92 Å². The monoisotopic (exact) mass is 362 g/mol. The normalized spacial score (nSPS) is 18.0. The number of rotatable bonds is 7. The minimum absolute atomic E-state index is 0.0341. The van der Waals surface area contributed by atoms with E-state index in [0.717, 1.165) is 11.3 Å². The van der Waals surface area contributed by atoms with E-state index in [1.54, 1.807) is 37.8 Å². The van der Waals surface area contributed by atoms with Gasteiger partial charge in [-0.05, 0) is 32.8 Å². The van der Waals surface area contributed by atoms with E-state index >= 15 is 0 Å². The summed E-state index contributed by atoms with van der Waals surface area (Å²) in [7, 11) is 3.37. The minimum Gasteiger partial charge on any atom is -0.496 e. The molecule has 144 valence electrons. The first-order valence-corrected chi connectivity index (χ1v) is 9.08. The summed E-state index contributed by atoms with van der Waals surface area (Å²) in [6.07, 6.45) is 1.48. The van der Waals surface area contributed by atoms with Crippen molar-refractivity contribution >= 4 is 11.8 Å². The van der Waals surface area contributed by atoms with E-state index < -0.39 is 5.60 Å². The van der Waals surface area contributed by atoms with Gasteiger partial charge in [0.1, 0.15) is 5.75 Å². The van der Waals surface area contributed by atoms with E-state index in [2.05, 4.69) is 0 Å². The zero-order valence-corrected chi connectivity index (χ0v) is 16.2. The van der Waals surface area contributed by atoms with Crippen LogP contribution in [0, 0.1) is 5.92 Å². The first-order valence-electron chi connectivity index (χ1n) is 9.08. The molecule has 0 saturated carbocycles. The van der Waals surface area contributed by atoms with Crippen LogP contribution in [-0.2, 0) is 16.1 Å². The Morgan fingerprint density at radius 1 is 1.38 bits per heavy atom. The lowest BCUT2D eigenvalue weighted by Gasteiger charge is -2.34. The number of para-hydroxylation sites is 1. The van der Waals surface area contributed by atoms with Gasteiger partial charge < -0.3 is 19.6 Å². The summed E-state index contributed by atoms with van der Waals surface area (Å²) in [4.78, 5) is 28.5. The zero-order chi connectivity index (χ0) is 19.3. The van der Waals surface area contributed by atoms with E-state index in [0.29, 0.717) is 38.9 Å². The van der Waals surface area contributed by atoms with E-state index in [1.165, 1.54) is 0 Å². The van der Waals surface area contributed by atoms with E-state index in [4.69, 9.17) is 4.74 Å². The molecule has 1 aromatic carbocycles. The van der Waals surface area contributed by atoms with Crippen LogP contribution in [0.1, 0.15) is 38.7 Å². The lowest BCUT2D eigenvalue weighted by Crippen LogP contribution is -2.46. The van der Waals surface area contributed by atoms with Crippen molar-refractivity contribution in [3.05, 3.63) is 29.8 Å². The first-order chi connectivity index (χ1) is 12.2. The van der Waals surface area contributed by atoms with Crippen molar-refractivity contribution in [1.29, 1.82) is 0 Å². The van der Waals surface area contributed by atoms with Gasteiger partial charge in [-0.15, -0.1) is 0 Å². The number of carbonyl (C=O) groups excluding carboxylic acids is 2. The number of piperidine rings is 1. The number of carbonyl (C=O) groups is 2. The van der Waals surface area contributed by atoms with Crippen LogP contribution in [0.2, 0.25) is 0 Å². The van der Waals surface area contributed by atoms with Crippen LogP contribution in [0.25, 0.3) is 0 Å². The summed E-state index contributed by atoms with van der Waals surface area (Å²) < 4.78 is 5.36. The molecule has 1 unspecified atom stereocenters. The zero-order valence-electron chi connectivity index (χ0n) is 16.2. The molecule has 1 N–H and O–H groups in total. The molecule has 1 heterocycles. The summed E-state index contributed by atoms with van der Waals surface area (Å²) >= 11 is 0. The molecule has 0 aromatic heterocycles. The third-order valence-corrected chi connectivity index (χ3v) is 4.84. The molecule has 0 bridgehead atoms. The van der Waals surface area contributed by atoms with Gasteiger partial charge >= 0.3 is 0 Å². The Kier molecular flexibility index (Phi) is 6.64. The average molecular weight is 362 g/mol. The fraction of sp³-hybridized carbons (Fsp3) is 0.600. The molecule has 1 aliphatic heterocycles. The number of aliphatic hydroxyl groups is 1. The first kappa shape index (κ1) is 20.2. The minimum atomic E-state index is -0.799. The van der Waals surface area contributed by atoms with Crippen LogP contribution in [0.5, 0.6) is 5.75 Å². The number of amides is 2. The number of hydrogen-bond acceptors (Lipinski definition) is 4. The van der Waals surface area contributed by atoms with Gasteiger partial charge in [0.05, 0.1) is 18.6 Å². The molecule has 1 aromatic rings. The predicted octanol–water partition coefficient (Wildman–Crippen LogP) is 2.05. The van der Waals surface area contributed by atoms with Gasteiger partial charge in [-0.1, -0.05) is 18.2 Å². The van der Waals surface area contributed by atoms with Crippen molar-refractivity contribution in [3.63, 3.8) is 0 Å². The highest BCUT2D eigenvalue weighted by Crippen LogP contribution is 2.25. The molecule has 2 rings (SSSR count). The summed E-state index contributed by atoms with van der Waals surface area (Å²) in [5.41, 5.74) is 0.138. The summed E-state index contributed by atoms with van der Waals surface area (Å²) in [5.74, 6) is 0.649. The highest BCUT2D eigenvalue weighted by molar-refractivity contribution is 5.83. The van der Waals surface area contributed by atoms with Gasteiger partial charge in [0.15, 0.2) is 0 Å². The molecule has 6 nitrogen and oxygen atoms in total. The van der Waals surface area contributed by atoms with Gasteiger partial charge in [-0.3, -0.25) is 9.59 Å². The van der Waals surface area contributed by atoms with Gasteiger partial charge in [-0.25, -0.2) is 0 Å². The summed E-state index contributed by atoms with van der Waals surface area (Å²) in [6, 6.07) is 7.62. The third kappa shape index (κ3) is 5.46. The van der Waals surface area contributed by atoms with Gasteiger partial charge in [0.25, 0.3) is 0 Å². The molecule has 1 fully saturated rings. The quantitative estimate of drug-likeness (QED) is 0.806. The molecular formula is C20H30N2O4. The molecule has 1 saturated heterocycles. The van der Waals surface area contributed by atoms with Crippen LogP contribution < -0.4 is 4.74 Å². The maximum Gasteiger partial charge on any atom is 0.227 e. The third-order valence-electron chi connectivity index (χ3n) is 4.84. The molecular weight excluding hydrogens is 332 g/mol. The summed E-state index contributed by atoms with van der Waals surface area (Å²) in [6.45, 7) is 4.83. The Balaban J connectivity index is 2.00.